The van der Waals surface area contributed by atoms with Crippen LogP contribution in [0, 0.1) is 0 Å². The van der Waals surface area contributed by atoms with Gasteiger partial charge in [-0.1, -0.05) is 26.0 Å². The van der Waals surface area contributed by atoms with Gasteiger partial charge in [0.1, 0.15) is 0 Å². The van der Waals surface area contributed by atoms with Gasteiger partial charge in [-0.15, -0.1) is 16.8 Å². The van der Waals surface area contributed by atoms with Crippen molar-refractivity contribution in [2.75, 3.05) is 0 Å². The molecular formula is C16H14F3NO6S2. The Morgan fingerprint density at radius 3 is 2.00 bits per heavy atom. The number of hydrogen-bond donors (Lipinski definition) is 2. The predicted octanol–water partition coefficient (Wildman–Crippen LogP) is 3.72. The van der Waals surface area contributed by atoms with Crippen LogP contribution < -0.4 is 0 Å². The number of benzene rings is 2. The average Bonchev–Trinajstić information content (AvgIpc) is 2.57. The van der Waals surface area contributed by atoms with Gasteiger partial charge in [0.05, 0.1) is 11.1 Å². The summed E-state index contributed by atoms with van der Waals surface area (Å²) in [4.78, 5) is 25.0. The van der Waals surface area contributed by atoms with Crippen LogP contribution >= 0.6 is 11.8 Å². The molecule has 0 spiro atoms. The summed E-state index contributed by atoms with van der Waals surface area (Å²) in [7, 11) is -5.84. The minimum absolute atomic E-state index is 0.187. The van der Waals surface area contributed by atoms with E-state index in [-0.39, 0.29) is 5.06 Å². The van der Waals surface area contributed by atoms with Gasteiger partial charge in [-0.05, 0) is 23.6 Å². The van der Waals surface area contributed by atoms with Crippen molar-refractivity contribution in [2.45, 2.75) is 29.5 Å². The second kappa shape index (κ2) is 7.70. The number of rotatable bonds is 2. The Balaban J connectivity index is 0.000000300. The molecule has 7 nitrogen and oxygen atoms in total. The third kappa shape index (κ3) is 4.29. The van der Waals surface area contributed by atoms with Crippen molar-refractivity contribution in [1.82, 2.24) is 5.06 Å². The molecule has 2 amide bonds. The molecule has 1 heterocycles. The van der Waals surface area contributed by atoms with Crippen LogP contribution in [0.2, 0.25) is 0 Å². The lowest BCUT2D eigenvalue weighted by Gasteiger charge is -2.23. The molecule has 0 aromatic heterocycles. The van der Waals surface area contributed by atoms with Crippen molar-refractivity contribution in [3.05, 3.63) is 41.5 Å². The summed E-state index contributed by atoms with van der Waals surface area (Å²) < 4.78 is 57.5. The lowest BCUT2D eigenvalue weighted by Crippen LogP contribution is -2.37. The highest BCUT2D eigenvalue weighted by atomic mass is 32.2. The molecule has 1 aliphatic rings. The number of amides is 2. The molecule has 3 rings (SSSR count). The van der Waals surface area contributed by atoms with Crippen molar-refractivity contribution in [2.24, 2.45) is 0 Å². The van der Waals surface area contributed by atoms with Gasteiger partial charge in [0, 0.05) is 15.5 Å². The highest BCUT2D eigenvalue weighted by Crippen LogP contribution is 2.36. The predicted molar refractivity (Wildman–Crippen MR) is 94.8 cm³/mol. The van der Waals surface area contributed by atoms with Crippen LogP contribution in [-0.4, -0.2) is 45.8 Å². The maximum Gasteiger partial charge on any atom is 0.522 e. The zero-order valence-electron chi connectivity index (χ0n) is 14.4. The van der Waals surface area contributed by atoms with E-state index in [1.165, 1.54) is 0 Å². The summed E-state index contributed by atoms with van der Waals surface area (Å²) in [6.45, 7) is 4.18. The van der Waals surface area contributed by atoms with E-state index in [2.05, 4.69) is 13.8 Å². The molecule has 2 aromatic rings. The van der Waals surface area contributed by atoms with E-state index in [0.29, 0.717) is 21.8 Å². The number of hydroxylamine groups is 2. The van der Waals surface area contributed by atoms with Crippen LogP contribution in [0.1, 0.15) is 34.6 Å². The summed E-state index contributed by atoms with van der Waals surface area (Å²) in [5, 5.41) is 11.7. The van der Waals surface area contributed by atoms with E-state index >= 15 is 0 Å². The number of thioether (sulfide) groups is 1. The van der Waals surface area contributed by atoms with E-state index in [4.69, 9.17) is 13.0 Å². The highest BCUT2D eigenvalue weighted by molar-refractivity contribution is 8.00. The molecule has 1 aliphatic heterocycles. The van der Waals surface area contributed by atoms with E-state index in [1.807, 2.05) is 12.1 Å². The number of nitrogens with zero attached hydrogens (tertiary/aromatic N) is 1. The van der Waals surface area contributed by atoms with Crippen LogP contribution in [0.3, 0.4) is 0 Å². The molecule has 0 aliphatic carbocycles. The van der Waals surface area contributed by atoms with Gasteiger partial charge >= 0.3 is 15.6 Å². The summed E-state index contributed by atoms with van der Waals surface area (Å²) >= 11 is 1.68. The monoisotopic (exact) mass is 437 g/mol. The normalized spacial score (nSPS) is 14.4. The average molecular weight is 437 g/mol. The molecule has 0 saturated heterocycles. The Labute approximate surface area is 161 Å². The molecule has 0 unspecified atom stereocenters. The van der Waals surface area contributed by atoms with Crippen LogP contribution in [0.25, 0.3) is 10.8 Å². The molecule has 2 N–H and O–H groups in total. The Kier molecular flexibility index (Phi) is 6.09. The fourth-order valence-electron chi connectivity index (χ4n) is 2.41. The number of imide groups is 1. The summed E-state index contributed by atoms with van der Waals surface area (Å²) in [6, 6.07) is 8.85. The van der Waals surface area contributed by atoms with E-state index in [9.17, 15) is 28.0 Å². The Morgan fingerprint density at radius 1 is 1.04 bits per heavy atom. The molecule has 2 aromatic carbocycles. The fraction of sp³-hybridized carbons (Fsp3) is 0.250. The smallest absolute Gasteiger partial charge is 0.279 e. The summed E-state index contributed by atoms with van der Waals surface area (Å²) in [5.74, 6) is -1.33. The maximum absolute atomic E-state index is 12.0. The van der Waals surface area contributed by atoms with Crippen LogP contribution in [-0.2, 0) is 10.1 Å². The number of hydrogen-bond acceptors (Lipinski definition) is 6. The second-order valence-electron chi connectivity index (χ2n) is 5.85. The van der Waals surface area contributed by atoms with Crippen molar-refractivity contribution >= 4 is 44.5 Å². The minimum atomic E-state index is -5.84. The molecule has 152 valence electrons. The first-order chi connectivity index (χ1) is 12.8. The molecule has 12 heteroatoms. The van der Waals surface area contributed by atoms with Gasteiger partial charge in [0.25, 0.3) is 11.8 Å². The number of halogens is 3. The first kappa shape index (κ1) is 22.1. The standard InChI is InChI=1S/C15H13NO3S.CHF3O3S/c1-8(2)20-12-7-6-11-13-9(12)4-3-5-10(13)14(17)16(19)15(11)18;2-1(3,4)8(5,6)7/h3-8,19H,1-2H3;(H,5,6,7). The molecule has 0 fully saturated rings. The summed E-state index contributed by atoms with van der Waals surface area (Å²) in [5.41, 5.74) is -4.80. The van der Waals surface area contributed by atoms with E-state index in [0.717, 1.165) is 10.3 Å². The first-order valence-electron chi connectivity index (χ1n) is 7.59. The van der Waals surface area contributed by atoms with Crippen molar-refractivity contribution in [3.63, 3.8) is 0 Å². The van der Waals surface area contributed by atoms with Gasteiger partial charge < -0.3 is 0 Å². The van der Waals surface area contributed by atoms with Gasteiger partial charge in [-0.3, -0.25) is 19.3 Å². The maximum atomic E-state index is 12.0. The zero-order chi connectivity index (χ0) is 21.4. The summed E-state index contributed by atoms with van der Waals surface area (Å²) in [6.07, 6.45) is 0. The lowest BCUT2D eigenvalue weighted by atomic mass is 9.95. The van der Waals surface area contributed by atoms with Crippen molar-refractivity contribution in [3.8, 4) is 0 Å². The molecule has 0 bridgehead atoms. The fourth-order valence-corrected chi connectivity index (χ4v) is 3.37. The molecule has 28 heavy (non-hydrogen) atoms. The van der Waals surface area contributed by atoms with Gasteiger partial charge in [0.15, 0.2) is 0 Å². The molecular weight excluding hydrogens is 423 g/mol. The van der Waals surface area contributed by atoms with Crippen molar-refractivity contribution in [1.29, 1.82) is 0 Å². The third-order valence-electron chi connectivity index (χ3n) is 3.50. The number of alkyl halides is 3. The highest BCUT2D eigenvalue weighted by Gasteiger charge is 2.44. The van der Waals surface area contributed by atoms with Gasteiger partial charge in [-0.2, -0.15) is 21.6 Å². The zero-order valence-corrected chi connectivity index (χ0v) is 16.0. The van der Waals surface area contributed by atoms with E-state index in [1.54, 1.807) is 30.0 Å². The Morgan fingerprint density at radius 2 is 1.54 bits per heavy atom. The molecule has 0 saturated carbocycles. The van der Waals surface area contributed by atoms with Crippen LogP contribution in [0.4, 0.5) is 13.2 Å². The minimum Gasteiger partial charge on any atom is -0.279 e. The van der Waals surface area contributed by atoms with Crippen LogP contribution in [0.15, 0.2) is 35.2 Å². The third-order valence-corrected chi connectivity index (χ3v) is 5.17. The molecule has 0 atom stereocenters. The van der Waals surface area contributed by atoms with Crippen molar-refractivity contribution < 1.29 is 40.9 Å². The Hall–Kier alpha value is -2.15. The first-order valence-corrected chi connectivity index (χ1v) is 9.91. The lowest BCUT2D eigenvalue weighted by molar-refractivity contribution is -0.0510. The Bertz CT molecular complexity index is 1030. The van der Waals surface area contributed by atoms with Crippen LogP contribution in [0.5, 0.6) is 0 Å². The van der Waals surface area contributed by atoms with Gasteiger partial charge in [0.2, 0.25) is 0 Å². The number of carbonyl (C=O) groups is 2. The second-order valence-corrected chi connectivity index (χ2v) is 8.88. The number of carbonyl (C=O) groups excluding carboxylic acids is 2. The molecule has 0 radical (unpaired) electrons. The largest absolute Gasteiger partial charge is 0.522 e. The van der Waals surface area contributed by atoms with E-state index < -0.39 is 27.4 Å². The topological polar surface area (TPSA) is 112 Å². The quantitative estimate of drug-likeness (QED) is 0.242. The van der Waals surface area contributed by atoms with Gasteiger partial charge in [-0.25, -0.2) is 0 Å². The SMILES string of the molecule is CC(C)Sc1ccc2c3c(cccc13)C(=O)N(O)C2=O.O=S(=O)(O)C(F)(F)F.